The minimum atomic E-state index is -2.61. The Kier molecular flexibility index (Phi) is 39.8. The van der Waals surface area contributed by atoms with Gasteiger partial charge in [-0.2, -0.15) is 9.90 Å². The lowest BCUT2D eigenvalue weighted by atomic mass is 9.92. The molecule has 8 N–H and O–H groups in total. The van der Waals surface area contributed by atoms with Gasteiger partial charge in [-0.15, -0.1) is 23.5 Å². The summed E-state index contributed by atoms with van der Waals surface area (Å²) in [6, 6.07) is 0. The predicted molar refractivity (Wildman–Crippen MR) is 192 cm³/mol. The maximum absolute atomic E-state index is 11.5. The lowest BCUT2D eigenvalue weighted by Gasteiger charge is -2.43. The monoisotopic (exact) mass is 716 g/mol. The van der Waals surface area contributed by atoms with Crippen LogP contribution in [0, 0.1) is 5.41 Å². The molecule has 0 heterocycles. The average molecular weight is 717 g/mol. The molecule has 0 aliphatic carbocycles. The second-order valence-corrected chi connectivity index (χ2v) is 15.5. The van der Waals surface area contributed by atoms with Crippen molar-refractivity contribution in [2.45, 2.75) is 147 Å². The van der Waals surface area contributed by atoms with E-state index in [1.807, 2.05) is 0 Å². The van der Waals surface area contributed by atoms with Gasteiger partial charge in [-0.25, -0.2) is 4.31 Å². The molecule has 43 heavy (non-hydrogen) atoms. The number of aliphatic hydroxyl groups excluding tert-OH is 3. The van der Waals surface area contributed by atoms with E-state index in [2.05, 4.69) is 18.2 Å². The minimum absolute atomic E-state index is 0. The number of unbranched alkanes of at least 4 members (excludes halogenated alkanes) is 18. The van der Waals surface area contributed by atoms with Gasteiger partial charge in [0.05, 0.1) is 25.2 Å². The molecule has 14 heteroatoms. The topological polar surface area (TPSA) is 171 Å². The summed E-state index contributed by atoms with van der Waals surface area (Å²) in [6.07, 6.45) is 25.4. The molecular formula is C29H67O9P3S2. The van der Waals surface area contributed by atoms with Gasteiger partial charge < -0.3 is 40.0 Å². The molecule has 9 nitrogen and oxygen atoms in total. The van der Waals surface area contributed by atoms with E-state index in [0.29, 0.717) is 0 Å². The van der Waals surface area contributed by atoms with Gasteiger partial charge >= 0.3 is 17.2 Å². The van der Waals surface area contributed by atoms with Crippen molar-refractivity contribution < 1.29 is 44.3 Å². The van der Waals surface area contributed by atoms with Crippen LogP contribution in [0.2, 0.25) is 0 Å². The molecule has 0 amide bonds. The Balaban J connectivity index is -0.00000177. The van der Waals surface area contributed by atoms with E-state index in [9.17, 15) is 20.4 Å². The Labute approximate surface area is 277 Å². The Bertz CT molecular complexity index is 513. The maximum atomic E-state index is 11.5. The van der Waals surface area contributed by atoms with Crippen molar-refractivity contribution in [3.05, 3.63) is 0 Å². The number of thioether (sulfide) groups is 2. The predicted octanol–water partition coefficient (Wildman–Crippen LogP) is 7.39. The van der Waals surface area contributed by atoms with Crippen molar-refractivity contribution in [3.8, 4) is 0 Å². The van der Waals surface area contributed by atoms with Crippen molar-refractivity contribution in [2.24, 2.45) is 5.41 Å². The van der Waals surface area contributed by atoms with Gasteiger partial charge in [0.25, 0.3) is 0 Å². The largest absolute Gasteiger partial charge is 0.395 e. The average Bonchev–Trinajstić information content (AvgIpc) is 2.95. The first kappa shape index (κ1) is 49.0. The first-order chi connectivity index (χ1) is 20.2. The van der Waals surface area contributed by atoms with E-state index in [1.165, 1.54) is 126 Å². The SMILES string of the molecule is CCCCCCCCCCCCSC(O)(SCCCCCCCCCCCC)C(CO)(CO)CO.OP(O)OP(O)O.P. The first-order valence-corrected chi connectivity index (χ1v) is 20.3. The van der Waals surface area contributed by atoms with Crippen molar-refractivity contribution in [2.75, 3.05) is 31.3 Å². The molecular weight excluding hydrogens is 649 g/mol. The van der Waals surface area contributed by atoms with Crippen molar-refractivity contribution in [1.82, 2.24) is 0 Å². The highest BCUT2D eigenvalue weighted by molar-refractivity contribution is 8.18. The van der Waals surface area contributed by atoms with Crippen molar-refractivity contribution in [1.29, 1.82) is 0 Å². The molecule has 0 aromatic carbocycles. The van der Waals surface area contributed by atoms with Gasteiger partial charge in [-0.05, 0) is 24.3 Å². The molecule has 264 valence electrons. The zero-order valence-corrected chi connectivity index (χ0v) is 31.9. The summed E-state index contributed by atoms with van der Waals surface area (Å²) in [5.41, 5.74) is -1.29. The number of aliphatic hydroxyl groups is 4. The van der Waals surface area contributed by atoms with Crippen LogP contribution in [0.4, 0.5) is 0 Å². The second kappa shape index (κ2) is 35.0. The van der Waals surface area contributed by atoms with Crippen molar-refractivity contribution in [3.63, 3.8) is 0 Å². The van der Waals surface area contributed by atoms with Gasteiger partial charge in [0.2, 0.25) is 0 Å². The third-order valence-electron chi connectivity index (χ3n) is 7.32. The van der Waals surface area contributed by atoms with E-state index >= 15 is 0 Å². The van der Waals surface area contributed by atoms with Crippen LogP contribution in [-0.2, 0) is 4.31 Å². The molecule has 0 aliphatic rings. The molecule has 0 spiro atoms. The molecule has 0 radical (unpaired) electrons. The van der Waals surface area contributed by atoms with Crippen LogP contribution in [0.5, 0.6) is 0 Å². The normalized spacial score (nSPS) is 12.0. The highest BCUT2D eigenvalue weighted by Gasteiger charge is 2.50. The van der Waals surface area contributed by atoms with Crippen LogP contribution < -0.4 is 0 Å². The second-order valence-electron chi connectivity index (χ2n) is 11.0. The highest BCUT2D eigenvalue weighted by Crippen LogP contribution is 2.49. The fraction of sp³-hybridized carbons (Fsp3) is 1.00. The van der Waals surface area contributed by atoms with E-state index in [0.717, 1.165) is 37.2 Å². The van der Waals surface area contributed by atoms with E-state index in [-0.39, 0.29) is 9.90 Å². The quantitative estimate of drug-likeness (QED) is 0.0212. The zero-order chi connectivity index (χ0) is 32.0. The van der Waals surface area contributed by atoms with E-state index < -0.39 is 46.7 Å². The molecule has 0 bridgehead atoms. The fourth-order valence-electron chi connectivity index (χ4n) is 4.46. The molecule has 0 rings (SSSR count). The highest BCUT2D eigenvalue weighted by atomic mass is 32.2. The number of hydrogen-bond acceptors (Lipinski definition) is 11. The summed E-state index contributed by atoms with van der Waals surface area (Å²) in [5.74, 6) is 1.56. The van der Waals surface area contributed by atoms with Crippen molar-refractivity contribution >= 4 is 50.6 Å². The summed E-state index contributed by atoms with van der Waals surface area (Å²) in [5, 5.41) is 41.3. The Hall–Kier alpha value is 1.63. The summed E-state index contributed by atoms with van der Waals surface area (Å²) in [4.78, 5) is 31.3. The standard InChI is InChI=1S/C29H60O4S2.H4O5P2.H3P/c1-3-5-7-9-11-13-15-17-19-21-23-34-29(33,28(25-30,26-31)27-32)35-24-22-20-18-16-14-12-10-8-6-4-2;1-6(2)5-7(3)4;/h30-33H,3-27H2,1-2H3;1-4H;1H3. The van der Waals surface area contributed by atoms with Gasteiger partial charge in [0.15, 0.2) is 4.27 Å². The third kappa shape index (κ3) is 28.4. The first-order valence-electron chi connectivity index (χ1n) is 16.0. The zero-order valence-electron chi connectivity index (χ0n) is 27.1. The molecule has 0 aromatic rings. The number of rotatable bonds is 30. The lowest BCUT2D eigenvalue weighted by Crippen LogP contribution is -2.52. The third-order valence-corrected chi connectivity index (χ3v) is 11.8. The van der Waals surface area contributed by atoms with Crippen LogP contribution in [0.15, 0.2) is 0 Å². The van der Waals surface area contributed by atoms with E-state index in [1.54, 1.807) is 0 Å². The van der Waals surface area contributed by atoms with Gasteiger partial charge in [-0.1, -0.05) is 129 Å². The summed E-state index contributed by atoms with van der Waals surface area (Å²) in [6.45, 7) is 3.23. The van der Waals surface area contributed by atoms with Crippen LogP contribution in [0.1, 0.15) is 142 Å². The smallest absolute Gasteiger partial charge is 0.334 e. The maximum Gasteiger partial charge on any atom is 0.334 e. The minimum Gasteiger partial charge on any atom is -0.395 e. The number of hydrogen-bond donors (Lipinski definition) is 8. The van der Waals surface area contributed by atoms with Crippen LogP contribution >= 0.6 is 50.6 Å². The molecule has 0 fully saturated rings. The Morgan fingerprint density at radius 2 is 0.744 bits per heavy atom. The van der Waals surface area contributed by atoms with Crippen LogP contribution in [0.25, 0.3) is 0 Å². The molecule has 0 aliphatic heterocycles. The molecule has 0 saturated carbocycles. The molecule has 0 saturated heterocycles. The Morgan fingerprint density at radius 1 is 0.488 bits per heavy atom. The fourth-order valence-corrected chi connectivity index (χ4v) is 8.07. The molecule has 1 atom stereocenters. The summed E-state index contributed by atoms with van der Waals surface area (Å²) in [7, 11) is -5.22. The van der Waals surface area contributed by atoms with Gasteiger partial charge in [0.1, 0.15) is 0 Å². The molecule has 1 unspecified atom stereocenters. The van der Waals surface area contributed by atoms with Crippen LogP contribution in [0.3, 0.4) is 0 Å². The lowest BCUT2D eigenvalue weighted by molar-refractivity contribution is -0.0617. The van der Waals surface area contributed by atoms with E-state index in [4.69, 9.17) is 19.6 Å². The van der Waals surface area contributed by atoms with Crippen LogP contribution in [-0.4, -0.2) is 75.6 Å². The Morgan fingerprint density at radius 3 is 0.953 bits per heavy atom. The van der Waals surface area contributed by atoms with Gasteiger partial charge in [-0.3, -0.25) is 0 Å². The van der Waals surface area contributed by atoms with Gasteiger partial charge in [0, 0.05) is 0 Å². The summed E-state index contributed by atoms with van der Waals surface area (Å²) < 4.78 is 2.23. The molecule has 0 aromatic heterocycles. The summed E-state index contributed by atoms with van der Waals surface area (Å²) >= 11 is 2.80.